The maximum Gasteiger partial charge on any atom is 0.316 e. The van der Waals surface area contributed by atoms with E-state index in [4.69, 9.17) is 4.74 Å². The van der Waals surface area contributed by atoms with Crippen LogP contribution in [0.5, 0.6) is 0 Å². The van der Waals surface area contributed by atoms with E-state index in [1.165, 1.54) is 7.11 Å². The van der Waals surface area contributed by atoms with E-state index in [-0.39, 0.29) is 11.4 Å². The molecular formula is C11H14O2S. The van der Waals surface area contributed by atoms with Gasteiger partial charge in [0.15, 0.2) is 0 Å². The van der Waals surface area contributed by atoms with Crippen molar-refractivity contribution < 1.29 is 9.53 Å². The molecule has 76 valence electrons. The van der Waals surface area contributed by atoms with Gasteiger partial charge in [0.25, 0.3) is 0 Å². The SMILES string of the molecule is COC(=O)C1(c2ccsc2)CCCC1. The highest BCUT2D eigenvalue weighted by molar-refractivity contribution is 7.08. The first-order chi connectivity index (χ1) is 6.79. The Labute approximate surface area is 87.9 Å². The zero-order valence-corrected chi connectivity index (χ0v) is 9.10. The molecule has 3 heteroatoms. The van der Waals surface area contributed by atoms with Crippen LogP contribution in [0.15, 0.2) is 16.8 Å². The molecule has 1 saturated carbocycles. The lowest BCUT2D eigenvalue weighted by molar-refractivity contribution is -0.147. The third-order valence-corrected chi connectivity index (χ3v) is 3.79. The van der Waals surface area contributed by atoms with Crippen LogP contribution in [0.25, 0.3) is 0 Å². The number of carbonyl (C=O) groups is 1. The van der Waals surface area contributed by atoms with Crippen LogP contribution in [0.2, 0.25) is 0 Å². The summed E-state index contributed by atoms with van der Waals surface area (Å²) in [7, 11) is 1.48. The minimum Gasteiger partial charge on any atom is -0.468 e. The lowest BCUT2D eigenvalue weighted by Crippen LogP contribution is -2.33. The van der Waals surface area contributed by atoms with Crippen LogP contribution in [0.1, 0.15) is 31.2 Å². The fourth-order valence-electron chi connectivity index (χ4n) is 2.32. The maximum absolute atomic E-state index is 11.8. The molecule has 1 fully saturated rings. The summed E-state index contributed by atoms with van der Waals surface area (Å²) in [5.41, 5.74) is 0.821. The fourth-order valence-corrected chi connectivity index (χ4v) is 3.08. The predicted octanol–water partition coefficient (Wildman–Crippen LogP) is 2.73. The number of esters is 1. The largest absolute Gasteiger partial charge is 0.468 e. The molecule has 1 aliphatic carbocycles. The van der Waals surface area contributed by atoms with Crippen molar-refractivity contribution in [2.24, 2.45) is 0 Å². The van der Waals surface area contributed by atoms with E-state index < -0.39 is 0 Å². The van der Waals surface area contributed by atoms with Crippen LogP contribution in [0.3, 0.4) is 0 Å². The molecule has 2 nitrogen and oxygen atoms in total. The quantitative estimate of drug-likeness (QED) is 0.702. The van der Waals surface area contributed by atoms with Crippen LogP contribution in [-0.4, -0.2) is 13.1 Å². The van der Waals surface area contributed by atoms with E-state index in [1.54, 1.807) is 11.3 Å². The smallest absolute Gasteiger partial charge is 0.316 e. The molecule has 1 aliphatic rings. The van der Waals surface area contributed by atoms with Crippen molar-refractivity contribution >= 4 is 17.3 Å². The van der Waals surface area contributed by atoms with Gasteiger partial charge in [-0.05, 0) is 35.2 Å². The summed E-state index contributed by atoms with van der Waals surface area (Å²) in [6.07, 6.45) is 4.14. The highest BCUT2D eigenvalue weighted by Gasteiger charge is 2.43. The Morgan fingerprint density at radius 2 is 2.21 bits per heavy atom. The van der Waals surface area contributed by atoms with Gasteiger partial charge in [0.2, 0.25) is 0 Å². The third-order valence-electron chi connectivity index (χ3n) is 3.11. The van der Waals surface area contributed by atoms with E-state index in [9.17, 15) is 4.79 Å². The summed E-state index contributed by atoms with van der Waals surface area (Å²) in [4.78, 5) is 11.8. The van der Waals surface area contributed by atoms with Gasteiger partial charge < -0.3 is 4.74 Å². The molecule has 2 rings (SSSR count). The van der Waals surface area contributed by atoms with Crippen molar-refractivity contribution in [3.8, 4) is 0 Å². The monoisotopic (exact) mass is 210 g/mol. The highest BCUT2D eigenvalue weighted by Crippen LogP contribution is 2.42. The van der Waals surface area contributed by atoms with Crippen LogP contribution >= 0.6 is 11.3 Å². The number of methoxy groups -OCH3 is 1. The summed E-state index contributed by atoms with van der Waals surface area (Å²) >= 11 is 1.65. The van der Waals surface area contributed by atoms with E-state index in [0.29, 0.717) is 0 Å². The Bertz CT molecular complexity index is 310. The summed E-state index contributed by atoms with van der Waals surface area (Å²) < 4.78 is 4.93. The first kappa shape index (κ1) is 9.71. The van der Waals surface area contributed by atoms with Gasteiger partial charge >= 0.3 is 5.97 Å². The van der Waals surface area contributed by atoms with Crippen molar-refractivity contribution in [2.45, 2.75) is 31.1 Å². The molecule has 0 spiro atoms. The number of hydrogen-bond donors (Lipinski definition) is 0. The molecule has 14 heavy (non-hydrogen) atoms. The van der Waals surface area contributed by atoms with Crippen molar-refractivity contribution in [3.05, 3.63) is 22.4 Å². The average Bonchev–Trinajstić information content (AvgIpc) is 2.86. The minimum absolute atomic E-state index is 0.0617. The molecule has 0 N–H and O–H groups in total. The highest BCUT2D eigenvalue weighted by atomic mass is 32.1. The van der Waals surface area contributed by atoms with Gasteiger partial charge in [0.1, 0.15) is 0 Å². The molecule has 0 saturated heterocycles. The Balaban J connectivity index is 2.36. The molecule has 0 bridgehead atoms. The number of ether oxygens (including phenoxy) is 1. The summed E-state index contributed by atoms with van der Waals surface area (Å²) in [5.74, 6) is -0.0617. The standard InChI is InChI=1S/C11H14O2S/c1-13-10(12)11(5-2-3-6-11)9-4-7-14-8-9/h4,7-8H,2-3,5-6H2,1H3. The van der Waals surface area contributed by atoms with Crippen molar-refractivity contribution in [1.29, 1.82) is 0 Å². The van der Waals surface area contributed by atoms with E-state index in [1.807, 2.05) is 11.4 Å². The van der Waals surface area contributed by atoms with E-state index >= 15 is 0 Å². The van der Waals surface area contributed by atoms with Crippen molar-refractivity contribution in [1.82, 2.24) is 0 Å². The molecule has 0 atom stereocenters. The second-order valence-electron chi connectivity index (χ2n) is 3.79. The summed E-state index contributed by atoms with van der Waals surface area (Å²) in [5, 5.41) is 4.10. The maximum atomic E-state index is 11.8. The first-order valence-corrected chi connectivity index (χ1v) is 5.85. The van der Waals surface area contributed by atoms with Crippen LogP contribution in [0.4, 0.5) is 0 Å². The molecule has 0 radical (unpaired) electrons. The van der Waals surface area contributed by atoms with Crippen LogP contribution < -0.4 is 0 Å². The fraction of sp³-hybridized carbons (Fsp3) is 0.545. The van der Waals surface area contributed by atoms with Gasteiger partial charge in [-0.3, -0.25) is 4.79 Å². The second-order valence-corrected chi connectivity index (χ2v) is 4.57. The minimum atomic E-state index is -0.325. The number of hydrogen-bond acceptors (Lipinski definition) is 3. The predicted molar refractivity (Wildman–Crippen MR) is 56.5 cm³/mol. The average molecular weight is 210 g/mol. The molecule has 1 aromatic rings. The van der Waals surface area contributed by atoms with Gasteiger partial charge in [-0.25, -0.2) is 0 Å². The lowest BCUT2D eigenvalue weighted by atomic mass is 9.80. The van der Waals surface area contributed by atoms with Crippen LogP contribution in [0, 0.1) is 0 Å². The van der Waals surface area contributed by atoms with Gasteiger partial charge in [0, 0.05) is 0 Å². The topological polar surface area (TPSA) is 26.3 Å². The zero-order valence-electron chi connectivity index (χ0n) is 8.29. The molecule has 0 aliphatic heterocycles. The zero-order chi connectivity index (χ0) is 10.0. The third kappa shape index (κ3) is 1.36. The first-order valence-electron chi connectivity index (χ1n) is 4.91. The normalized spacial score (nSPS) is 19.5. The molecule has 0 aromatic carbocycles. The van der Waals surface area contributed by atoms with Crippen LogP contribution in [-0.2, 0) is 14.9 Å². The second kappa shape index (κ2) is 3.73. The molecule has 0 amide bonds. The Kier molecular flexibility index (Phi) is 2.59. The molecule has 1 aromatic heterocycles. The summed E-state index contributed by atoms with van der Waals surface area (Å²) in [6.45, 7) is 0. The van der Waals surface area contributed by atoms with Crippen molar-refractivity contribution in [2.75, 3.05) is 7.11 Å². The molecule has 0 unspecified atom stereocenters. The number of carbonyl (C=O) groups excluding carboxylic acids is 1. The van der Waals surface area contributed by atoms with Crippen molar-refractivity contribution in [3.63, 3.8) is 0 Å². The Hall–Kier alpha value is -0.830. The molecular weight excluding hydrogens is 196 g/mol. The Morgan fingerprint density at radius 3 is 2.71 bits per heavy atom. The van der Waals surface area contributed by atoms with Gasteiger partial charge in [0.05, 0.1) is 12.5 Å². The van der Waals surface area contributed by atoms with Gasteiger partial charge in [-0.2, -0.15) is 11.3 Å². The van der Waals surface area contributed by atoms with Gasteiger partial charge in [-0.15, -0.1) is 0 Å². The number of thiophene rings is 1. The van der Waals surface area contributed by atoms with Gasteiger partial charge in [-0.1, -0.05) is 12.8 Å². The van der Waals surface area contributed by atoms with E-state index in [2.05, 4.69) is 5.38 Å². The lowest BCUT2D eigenvalue weighted by Gasteiger charge is -2.24. The molecule has 1 heterocycles. The number of rotatable bonds is 2. The Morgan fingerprint density at radius 1 is 1.50 bits per heavy atom. The summed E-state index contributed by atoms with van der Waals surface area (Å²) in [6, 6.07) is 2.05. The van der Waals surface area contributed by atoms with E-state index in [0.717, 1.165) is 31.2 Å².